The van der Waals surface area contributed by atoms with Crippen LogP contribution in [0.5, 0.6) is 11.5 Å². The predicted molar refractivity (Wildman–Crippen MR) is 138 cm³/mol. The van der Waals surface area contributed by atoms with Crippen molar-refractivity contribution in [2.75, 3.05) is 18.6 Å². The molecule has 0 radical (unpaired) electrons. The molecule has 1 atom stereocenters. The molecule has 1 N–H and O–H groups in total. The summed E-state index contributed by atoms with van der Waals surface area (Å²) in [6.07, 6.45) is 1.91. The number of anilines is 1. The van der Waals surface area contributed by atoms with Crippen LogP contribution < -0.4 is 14.4 Å². The number of ether oxygens (including phenoxy) is 2. The van der Waals surface area contributed by atoms with E-state index >= 15 is 0 Å². The quantitative estimate of drug-likeness (QED) is 0.232. The van der Waals surface area contributed by atoms with Crippen molar-refractivity contribution in [2.45, 2.75) is 13.0 Å². The lowest BCUT2D eigenvalue weighted by atomic mass is 9.94. The molecule has 1 aromatic heterocycles. The Hall–Kier alpha value is -4.52. The monoisotopic (exact) mass is 482 g/mol. The molecule has 1 aliphatic heterocycles. The molecule has 1 amide bonds. The third kappa shape index (κ3) is 3.79. The van der Waals surface area contributed by atoms with Crippen LogP contribution in [0.2, 0.25) is 0 Å². The summed E-state index contributed by atoms with van der Waals surface area (Å²) in [6, 6.07) is 20.7. The third-order valence-electron chi connectivity index (χ3n) is 6.46. The van der Waals surface area contributed by atoms with Gasteiger partial charge in [-0.2, -0.15) is 0 Å². The molecular weight excluding hydrogens is 456 g/mol. The van der Waals surface area contributed by atoms with E-state index in [4.69, 9.17) is 9.47 Å². The zero-order valence-electron chi connectivity index (χ0n) is 20.3. The number of aromatic nitrogens is 1. The van der Waals surface area contributed by atoms with E-state index in [1.165, 1.54) is 4.90 Å². The van der Waals surface area contributed by atoms with E-state index in [9.17, 15) is 14.7 Å². The number of aliphatic hydroxyl groups excluding tert-OH is 1. The van der Waals surface area contributed by atoms with Gasteiger partial charge in [-0.3, -0.25) is 14.5 Å². The molecule has 7 nitrogen and oxygen atoms in total. The Bertz CT molecular complexity index is 1480. The van der Waals surface area contributed by atoms with Gasteiger partial charge in [0, 0.05) is 41.0 Å². The highest BCUT2D eigenvalue weighted by Gasteiger charge is 2.47. The molecule has 4 aromatic rings. The number of aryl methyl sites for hydroxylation is 1. The Morgan fingerprint density at radius 2 is 1.61 bits per heavy atom. The molecule has 3 aromatic carbocycles. The van der Waals surface area contributed by atoms with Gasteiger partial charge in [-0.1, -0.05) is 18.2 Å². The number of carbonyl (C=O) groups excluding carboxylic acids is 2. The van der Waals surface area contributed by atoms with Crippen LogP contribution in [0.25, 0.3) is 16.7 Å². The second-order valence-corrected chi connectivity index (χ2v) is 8.54. The van der Waals surface area contributed by atoms with Gasteiger partial charge in [0.1, 0.15) is 17.3 Å². The molecule has 0 saturated carbocycles. The molecule has 1 saturated heterocycles. The first kappa shape index (κ1) is 23.2. The van der Waals surface area contributed by atoms with Crippen LogP contribution in [0, 0.1) is 0 Å². The van der Waals surface area contributed by atoms with Crippen molar-refractivity contribution in [3.63, 3.8) is 0 Å². The zero-order chi connectivity index (χ0) is 25.4. The Kier molecular flexibility index (Phi) is 5.98. The SMILES string of the molecule is CCOc1ccc(/C(O)=C2\C(=O)C(=O)N(c3ccc(OC)cc3)C2c2cn(C)c3ccccc23)cc1. The number of nitrogens with zero attached hydrogens (tertiary/aromatic N) is 2. The molecular formula is C29H26N2O5. The molecule has 0 aliphatic carbocycles. The van der Waals surface area contributed by atoms with Gasteiger partial charge in [0.25, 0.3) is 11.7 Å². The maximum atomic E-state index is 13.5. The minimum absolute atomic E-state index is 0.0383. The van der Waals surface area contributed by atoms with Crippen LogP contribution in [0.3, 0.4) is 0 Å². The molecule has 1 fully saturated rings. The normalized spacial score (nSPS) is 17.1. The Labute approximate surface area is 208 Å². The van der Waals surface area contributed by atoms with Gasteiger partial charge in [0.2, 0.25) is 0 Å². The van der Waals surface area contributed by atoms with Gasteiger partial charge in [0.15, 0.2) is 0 Å². The number of hydrogen-bond acceptors (Lipinski definition) is 5. The van der Waals surface area contributed by atoms with E-state index in [1.54, 1.807) is 55.6 Å². The number of Topliss-reactive ketones (excluding diaryl/α,β-unsaturated/α-hetero) is 1. The van der Waals surface area contributed by atoms with Gasteiger partial charge >= 0.3 is 0 Å². The highest BCUT2D eigenvalue weighted by Crippen LogP contribution is 2.45. The zero-order valence-corrected chi connectivity index (χ0v) is 20.3. The molecule has 0 spiro atoms. The summed E-state index contributed by atoms with van der Waals surface area (Å²) >= 11 is 0. The van der Waals surface area contributed by atoms with Gasteiger partial charge < -0.3 is 19.1 Å². The summed E-state index contributed by atoms with van der Waals surface area (Å²) in [4.78, 5) is 28.4. The maximum absolute atomic E-state index is 13.5. The Morgan fingerprint density at radius 3 is 2.28 bits per heavy atom. The smallest absolute Gasteiger partial charge is 0.300 e. The lowest BCUT2D eigenvalue weighted by molar-refractivity contribution is -0.132. The number of amides is 1. The average Bonchev–Trinajstić information content (AvgIpc) is 3.37. The largest absolute Gasteiger partial charge is 0.507 e. The number of rotatable bonds is 6. The Morgan fingerprint density at radius 1 is 0.944 bits per heavy atom. The second-order valence-electron chi connectivity index (χ2n) is 8.54. The van der Waals surface area contributed by atoms with E-state index in [2.05, 4.69) is 0 Å². The first-order valence-electron chi connectivity index (χ1n) is 11.7. The summed E-state index contributed by atoms with van der Waals surface area (Å²) in [5.74, 6) is -0.393. The summed E-state index contributed by atoms with van der Waals surface area (Å²) in [7, 11) is 3.48. The molecule has 0 bridgehead atoms. The lowest BCUT2D eigenvalue weighted by Crippen LogP contribution is -2.29. The Balaban J connectivity index is 1.73. The number of hydrogen-bond donors (Lipinski definition) is 1. The van der Waals surface area contributed by atoms with E-state index < -0.39 is 17.7 Å². The molecule has 1 unspecified atom stereocenters. The van der Waals surface area contributed by atoms with Gasteiger partial charge in [0.05, 0.1) is 25.3 Å². The molecule has 36 heavy (non-hydrogen) atoms. The van der Waals surface area contributed by atoms with Crippen molar-refractivity contribution in [3.8, 4) is 11.5 Å². The minimum Gasteiger partial charge on any atom is -0.507 e. The standard InChI is InChI=1S/C29H26N2O5/c1-4-36-21-13-9-18(10-14-21)27(32)25-26(23-17-30(2)24-8-6-5-7-22(23)24)31(29(34)28(25)33)19-11-15-20(35-3)16-12-19/h5-17,26,32H,4H2,1-3H3/b27-25+. The second kappa shape index (κ2) is 9.26. The average molecular weight is 483 g/mol. The molecule has 182 valence electrons. The summed E-state index contributed by atoms with van der Waals surface area (Å²) in [5.41, 5.74) is 2.69. The van der Waals surface area contributed by atoms with Crippen molar-refractivity contribution in [3.05, 3.63) is 95.7 Å². The van der Waals surface area contributed by atoms with E-state index in [1.807, 2.05) is 49.0 Å². The fraction of sp³-hybridized carbons (Fsp3) is 0.172. The van der Waals surface area contributed by atoms with Crippen LogP contribution in [-0.4, -0.2) is 35.1 Å². The van der Waals surface area contributed by atoms with Gasteiger partial charge in [-0.05, 0) is 61.5 Å². The third-order valence-corrected chi connectivity index (χ3v) is 6.46. The molecule has 2 heterocycles. The number of ketones is 1. The summed E-state index contributed by atoms with van der Waals surface area (Å²) in [6.45, 7) is 2.40. The van der Waals surface area contributed by atoms with Crippen LogP contribution in [0.15, 0.2) is 84.6 Å². The first-order chi connectivity index (χ1) is 17.4. The van der Waals surface area contributed by atoms with Crippen molar-refractivity contribution in [1.29, 1.82) is 0 Å². The number of fused-ring (bicyclic) bond motifs is 1. The van der Waals surface area contributed by atoms with Crippen molar-refractivity contribution in [2.24, 2.45) is 7.05 Å². The fourth-order valence-electron chi connectivity index (χ4n) is 4.76. The predicted octanol–water partition coefficient (Wildman–Crippen LogP) is 5.21. The number of methoxy groups -OCH3 is 1. The maximum Gasteiger partial charge on any atom is 0.300 e. The summed E-state index contributed by atoms with van der Waals surface area (Å²) < 4.78 is 12.7. The number of benzene rings is 3. The highest BCUT2D eigenvalue weighted by molar-refractivity contribution is 6.51. The molecule has 1 aliphatic rings. The van der Waals surface area contributed by atoms with Crippen LogP contribution in [0.4, 0.5) is 5.69 Å². The van der Waals surface area contributed by atoms with Crippen molar-refractivity contribution in [1.82, 2.24) is 4.57 Å². The first-order valence-corrected chi connectivity index (χ1v) is 11.7. The number of aliphatic hydroxyl groups is 1. The molecule has 5 rings (SSSR count). The highest BCUT2D eigenvalue weighted by atomic mass is 16.5. The van der Waals surface area contributed by atoms with Crippen LogP contribution in [-0.2, 0) is 16.6 Å². The minimum atomic E-state index is -0.823. The lowest BCUT2D eigenvalue weighted by Gasteiger charge is -2.25. The van der Waals surface area contributed by atoms with Gasteiger partial charge in [-0.25, -0.2) is 0 Å². The van der Waals surface area contributed by atoms with Crippen molar-refractivity contribution >= 4 is 34.0 Å². The number of carbonyl (C=O) groups is 2. The fourth-order valence-corrected chi connectivity index (χ4v) is 4.76. The van der Waals surface area contributed by atoms with E-state index in [-0.39, 0.29) is 11.3 Å². The topological polar surface area (TPSA) is 81.0 Å². The summed E-state index contributed by atoms with van der Waals surface area (Å²) in [5, 5.41) is 12.3. The van der Waals surface area contributed by atoms with Crippen LogP contribution in [0.1, 0.15) is 24.1 Å². The van der Waals surface area contributed by atoms with E-state index in [0.29, 0.717) is 29.4 Å². The van der Waals surface area contributed by atoms with Crippen LogP contribution >= 0.6 is 0 Å². The van der Waals surface area contributed by atoms with E-state index in [0.717, 1.165) is 16.5 Å². The van der Waals surface area contributed by atoms with Gasteiger partial charge in [-0.15, -0.1) is 0 Å². The number of para-hydroxylation sites is 1. The molecule has 7 heteroatoms. The van der Waals surface area contributed by atoms with Crippen molar-refractivity contribution < 1.29 is 24.2 Å².